The first kappa shape index (κ1) is 15.5. The quantitative estimate of drug-likeness (QED) is 0.859. The Hall–Kier alpha value is -1.85. The first-order valence-corrected chi connectivity index (χ1v) is 7.07. The van der Waals surface area contributed by atoms with Crippen LogP contribution >= 0.6 is 11.6 Å². The molecule has 0 saturated carbocycles. The van der Waals surface area contributed by atoms with E-state index in [0.29, 0.717) is 23.1 Å². The van der Waals surface area contributed by atoms with Gasteiger partial charge in [-0.15, -0.1) is 0 Å². The summed E-state index contributed by atoms with van der Waals surface area (Å²) in [7, 11) is 0. The standard InChI is InChI=1S/C15H17ClN2O3/c1-10(9-19)18-14(20)6-7-15-17-8-13(21-15)11-4-2-3-5-12(11)16/h2-5,8,10,19H,6-7,9H2,1H3,(H,18,20). The van der Waals surface area contributed by atoms with E-state index in [1.807, 2.05) is 18.2 Å². The molecule has 2 rings (SSSR count). The van der Waals surface area contributed by atoms with E-state index in [9.17, 15) is 4.79 Å². The minimum absolute atomic E-state index is 0.0819. The number of oxazole rings is 1. The van der Waals surface area contributed by atoms with Crippen LogP contribution in [0.4, 0.5) is 0 Å². The molecule has 0 aliphatic heterocycles. The molecule has 0 saturated heterocycles. The fourth-order valence-corrected chi connectivity index (χ4v) is 2.05. The van der Waals surface area contributed by atoms with Gasteiger partial charge in [0, 0.05) is 24.4 Å². The Morgan fingerprint density at radius 3 is 2.95 bits per heavy atom. The maximum Gasteiger partial charge on any atom is 0.220 e. The van der Waals surface area contributed by atoms with Crippen LogP contribution in [0.25, 0.3) is 11.3 Å². The number of aliphatic hydroxyl groups is 1. The first-order chi connectivity index (χ1) is 10.1. The minimum atomic E-state index is -0.249. The van der Waals surface area contributed by atoms with Crippen LogP contribution in [0.5, 0.6) is 0 Å². The van der Waals surface area contributed by atoms with Gasteiger partial charge in [-0.2, -0.15) is 0 Å². The largest absolute Gasteiger partial charge is 0.441 e. The molecule has 0 bridgehead atoms. The van der Waals surface area contributed by atoms with Crippen molar-refractivity contribution in [1.29, 1.82) is 0 Å². The summed E-state index contributed by atoms with van der Waals surface area (Å²) in [5, 5.41) is 12.1. The second kappa shape index (κ2) is 7.24. The second-order valence-corrected chi connectivity index (χ2v) is 5.16. The molecule has 0 aliphatic rings. The van der Waals surface area contributed by atoms with E-state index in [1.165, 1.54) is 0 Å². The summed E-state index contributed by atoms with van der Waals surface area (Å²) in [4.78, 5) is 15.8. The molecule has 0 radical (unpaired) electrons. The Morgan fingerprint density at radius 2 is 2.24 bits per heavy atom. The van der Waals surface area contributed by atoms with E-state index in [2.05, 4.69) is 10.3 Å². The van der Waals surface area contributed by atoms with Crippen LogP contribution < -0.4 is 5.32 Å². The van der Waals surface area contributed by atoms with E-state index in [1.54, 1.807) is 19.2 Å². The fourth-order valence-electron chi connectivity index (χ4n) is 1.82. The highest BCUT2D eigenvalue weighted by atomic mass is 35.5. The third kappa shape index (κ3) is 4.31. The topological polar surface area (TPSA) is 75.4 Å². The second-order valence-electron chi connectivity index (χ2n) is 4.75. The number of aryl methyl sites for hydroxylation is 1. The Morgan fingerprint density at radius 1 is 1.48 bits per heavy atom. The summed E-state index contributed by atoms with van der Waals surface area (Å²) in [5.74, 6) is 0.922. The van der Waals surface area contributed by atoms with Crippen LogP contribution in [-0.4, -0.2) is 28.6 Å². The average Bonchev–Trinajstić information content (AvgIpc) is 2.94. The molecule has 21 heavy (non-hydrogen) atoms. The minimum Gasteiger partial charge on any atom is -0.441 e. The van der Waals surface area contributed by atoms with Crippen molar-refractivity contribution in [2.75, 3.05) is 6.61 Å². The highest BCUT2D eigenvalue weighted by molar-refractivity contribution is 6.33. The van der Waals surface area contributed by atoms with Crippen molar-refractivity contribution < 1.29 is 14.3 Å². The molecule has 0 fully saturated rings. The Labute approximate surface area is 128 Å². The molecule has 112 valence electrons. The maximum absolute atomic E-state index is 11.6. The molecule has 1 heterocycles. The van der Waals surface area contributed by atoms with Crippen molar-refractivity contribution in [1.82, 2.24) is 10.3 Å². The lowest BCUT2D eigenvalue weighted by molar-refractivity contribution is -0.122. The zero-order valence-electron chi connectivity index (χ0n) is 11.7. The van der Waals surface area contributed by atoms with Crippen molar-refractivity contribution in [3.05, 3.63) is 41.4 Å². The van der Waals surface area contributed by atoms with Gasteiger partial charge in [-0.3, -0.25) is 4.79 Å². The van der Waals surface area contributed by atoms with Gasteiger partial charge >= 0.3 is 0 Å². The number of hydrogen-bond acceptors (Lipinski definition) is 4. The first-order valence-electron chi connectivity index (χ1n) is 6.70. The predicted molar refractivity (Wildman–Crippen MR) is 80.0 cm³/mol. The number of nitrogens with one attached hydrogen (secondary N) is 1. The number of nitrogens with zero attached hydrogens (tertiary/aromatic N) is 1. The summed E-state index contributed by atoms with van der Waals surface area (Å²) in [6, 6.07) is 7.09. The molecule has 2 aromatic rings. The molecular weight excluding hydrogens is 292 g/mol. The zero-order valence-corrected chi connectivity index (χ0v) is 12.4. The van der Waals surface area contributed by atoms with E-state index in [0.717, 1.165) is 5.56 Å². The smallest absolute Gasteiger partial charge is 0.220 e. The zero-order chi connectivity index (χ0) is 15.2. The Balaban J connectivity index is 1.95. The van der Waals surface area contributed by atoms with Crippen LogP contribution in [0, 0.1) is 0 Å². The lowest BCUT2D eigenvalue weighted by Crippen LogP contribution is -2.35. The molecule has 0 spiro atoms. The van der Waals surface area contributed by atoms with Gasteiger partial charge in [0.25, 0.3) is 0 Å². The van der Waals surface area contributed by atoms with Gasteiger partial charge in [0.2, 0.25) is 5.91 Å². The van der Waals surface area contributed by atoms with Gasteiger partial charge in [0.05, 0.1) is 17.8 Å². The van der Waals surface area contributed by atoms with Crippen LogP contribution in [0.3, 0.4) is 0 Å². The van der Waals surface area contributed by atoms with Gasteiger partial charge in [-0.1, -0.05) is 23.7 Å². The molecule has 1 atom stereocenters. The maximum atomic E-state index is 11.6. The number of carbonyl (C=O) groups excluding carboxylic acids is 1. The lowest BCUT2D eigenvalue weighted by Gasteiger charge is -2.09. The molecule has 6 heteroatoms. The number of carbonyl (C=O) groups is 1. The number of amides is 1. The van der Waals surface area contributed by atoms with Crippen molar-refractivity contribution in [3.63, 3.8) is 0 Å². The highest BCUT2D eigenvalue weighted by Crippen LogP contribution is 2.28. The third-order valence-corrected chi connectivity index (χ3v) is 3.27. The number of halogens is 1. The van der Waals surface area contributed by atoms with Crippen LogP contribution in [0.1, 0.15) is 19.2 Å². The summed E-state index contributed by atoms with van der Waals surface area (Å²) < 4.78 is 5.61. The molecule has 5 nitrogen and oxygen atoms in total. The van der Waals surface area contributed by atoms with E-state index in [-0.39, 0.29) is 25.0 Å². The molecule has 1 aromatic heterocycles. The van der Waals surface area contributed by atoms with Gasteiger partial charge in [0.15, 0.2) is 11.7 Å². The number of rotatable bonds is 6. The molecule has 2 N–H and O–H groups in total. The highest BCUT2D eigenvalue weighted by Gasteiger charge is 2.11. The van der Waals surface area contributed by atoms with Gasteiger partial charge in [-0.25, -0.2) is 4.98 Å². The average molecular weight is 309 g/mol. The monoisotopic (exact) mass is 308 g/mol. The van der Waals surface area contributed by atoms with Gasteiger partial charge in [-0.05, 0) is 19.1 Å². The third-order valence-electron chi connectivity index (χ3n) is 2.94. The Kier molecular flexibility index (Phi) is 5.36. The van der Waals surface area contributed by atoms with Crippen molar-refractivity contribution in [3.8, 4) is 11.3 Å². The van der Waals surface area contributed by atoms with Gasteiger partial charge in [0.1, 0.15) is 0 Å². The van der Waals surface area contributed by atoms with Crippen LogP contribution in [-0.2, 0) is 11.2 Å². The normalized spacial score (nSPS) is 12.1. The number of benzene rings is 1. The number of aromatic nitrogens is 1. The van der Waals surface area contributed by atoms with E-state index >= 15 is 0 Å². The van der Waals surface area contributed by atoms with Crippen LogP contribution in [0.2, 0.25) is 5.02 Å². The fraction of sp³-hybridized carbons (Fsp3) is 0.333. The van der Waals surface area contributed by atoms with E-state index in [4.69, 9.17) is 21.1 Å². The van der Waals surface area contributed by atoms with E-state index < -0.39 is 0 Å². The molecule has 1 unspecified atom stereocenters. The lowest BCUT2D eigenvalue weighted by atomic mass is 10.2. The summed E-state index contributed by atoms with van der Waals surface area (Å²) >= 11 is 6.09. The molecular formula is C15H17ClN2O3. The van der Waals surface area contributed by atoms with Crippen molar-refractivity contribution in [2.24, 2.45) is 0 Å². The number of aliphatic hydroxyl groups excluding tert-OH is 1. The molecule has 0 aliphatic carbocycles. The van der Waals surface area contributed by atoms with Gasteiger partial charge < -0.3 is 14.8 Å². The summed E-state index contributed by atoms with van der Waals surface area (Å²) in [6.07, 6.45) is 2.26. The van der Waals surface area contributed by atoms with Crippen LogP contribution in [0.15, 0.2) is 34.9 Å². The number of hydrogen-bond donors (Lipinski definition) is 2. The summed E-state index contributed by atoms with van der Waals surface area (Å²) in [5.41, 5.74) is 0.774. The molecule has 1 aromatic carbocycles. The summed E-state index contributed by atoms with van der Waals surface area (Å²) in [6.45, 7) is 1.65. The van der Waals surface area contributed by atoms with Crippen molar-refractivity contribution >= 4 is 17.5 Å². The SMILES string of the molecule is CC(CO)NC(=O)CCc1ncc(-c2ccccc2Cl)o1. The Bertz CT molecular complexity index is 612. The molecule has 1 amide bonds. The predicted octanol–water partition coefficient (Wildman–Crippen LogP) is 2.42. The van der Waals surface area contributed by atoms with Crippen molar-refractivity contribution in [2.45, 2.75) is 25.8 Å².